The Morgan fingerprint density at radius 3 is 2.19 bits per heavy atom. The number of aryl methyl sites for hydroxylation is 1. The van der Waals surface area contributed by atoms with Gasteiger partial charge in [0.05, 0.1) is 16.8 Å². The highest BCUT2D eigenvalue weighted by Gasteiger charge is 2.36. The third-order valence-corrected chi connectivity index (χ3v) is 5.92. The van der Waals surface area contributed by atoms with Crippen LogP contribution in [0, 0.1) is 19.7 Å². The highest BCUT2D eigenvalue weighted by molar-refractivity contribution is 7.80. The molecule has 1 fully saturated rings. The van der Waals surface area contributed by atoms with E-state index in [2.05, 4.69) is 5.32 Å². The third kappa shape index (κ3) is 4.27. The molecule has 0 unspecified atom stereocenters. The fourth-order valence-corrected chi connectivity index (χ4v) is 4.26. The Labute approximate surface area is 209 Å². The molecule has 182 valence electrons. The molecule has 1 aliphatic heterocycles. The lowest BCUT2D eigenvalue weighted by Gasteiger charge is -2.29. The van der Waals surface area contributed by atoms with Gasteiger partial charge in [-0.05, 0) is 74.1 Å². The largest absolute Gasteiger partial charge is 0.478 e. The van der Waals surface area contributed by atoms with Gasteiger partial charge < -0.3 is 14.8 Å². The number of aromatic carboxylic acids is 2. The van der Waals surface area contributed by atoms with Crippen molar-refractivity contribution in [3.05, 3.63) is 88.0 Å². The van der Waals surface area contributed by atoms with Crippen LogP contribution in [0.5, 0.6) is 0 Å². The fraction of sp³-hybridized carbons (Fsp3) is 0.0800. The van der Waals surface area contributed by atoms with Crippen LogP contribution in [0.25, 0.3) is 11.8 Å². The van der Waals surface area contributed by atoms with Gasteiger partial charge in [0.1, 0.15) is 11.4 Å². The van der Waals surface area contributed by atoms with E-state index in [1.165, 1.54) is 36.4 Å². The Hall–Kier alpha value is -4.64. The van der Waals surface area contributed by atoms with Crippen molar-refractivity contribution in [3.8, 4) is 5.69 Å². The second kappa shape index (κ2) is 9.19. The van der Waals surface area contributed by atoms with E-state index in [0.717, 1.165) is 17.0 Å². The van der Waals surface area contributed by atoms with Crippen molar-refractivity contribution in [2.45, 2.75) is 13.8 Å². The molecule has 3 aromatic rings. The van der Waals surface area contributed by atoms with Crippen LogP contribution in [0.1, 0.15) is 37.7 Å². The van der Waals surface area contributed by atoms with Gasteiger partial charge in [-0.1, -0.05) is 12.1 Å². The monoisotopic (exact) mass is 507 g/mol. The zero-order valence-electron chi connectivity index (χ0n) is 18.9. The van der Waals surface area contributed by atoms with Gasteiger partial charge in [-0.3, -0.25) is 14.9 Å². The first-order chi connectivity index (χ1) is 17.0. The molecule has 0 radical (unpaired) electrons. The van der Waals surface area contributed by atoms with Crippen LogP contribution in [0.15, 0.2) is 54.1 Å². The average molecular weight is 507 g/mol. The van der Waals surface area contributed by atoms with Crippen LogP contribution in [0.2, 0.25) is 0 Å². The molecule has 2 heterocycles. The molecule has 3 N–H and O–H groups in total. The molecule has 0 aliphatic carbocycles. The molecule has 1 aromatic heterocycles. The first-order valence-corrected chi connectivity index (χ1v) is 10.9. The zero-order valence-corrected chi connectivity index (χ0v) is 19.7. The fourth-order valence-electron chi connectivity index (χ4n) is 3.98. The number of carboxylic acid groups (broad SMARTS) is 2. The minimum atomic E-state index is -1.29. The smallest absolute Gasteiger partial charge is 0.335 e. The maximum atomic E-state index is 14.4. The van der Waals surface area contributed by atoms with Crippen molar-refractivity contribution in [3.63, 3.8) is 0 Å². The van der Waals surface area contributed by atoms with Crippen LogP contribution in [-0.4, -0.2) is 43.6 Å². The number of anilines is 1. The Kier molecular flexibility index (Phi) is 6.25. The van der Waals surface area contributed by atoms with E-state index in [4.69, 9.17) is 12.2 Å². The SMILES string of the molecule is Cc1cc(/C=C2\C(=O)NC(=S)N(c3ccccc3F)C2=O)c(C)n1-c1cc(C(=O)O)cc(C(=O)O)c1. The second-order valence-electron chi connectivity index (χ2n) is 7.95. The van der Waals surface area contributed by atoms with Crippen LogP contribution in [0.4, 0.5) is 10.1 Å². The van der Waals surface area contributed by atoms with Gasteiger partial charge in [-0.2, -0.15) is 0 Å². The third-order valence-electron chi connectivity index (χ3n) is 5.64. The van der Waals surface area contributed by atoms with Crippen LogP contribution < -0.4 is 10.2 Å². The number of hydrogen-bond acceptors (Lipinski definition) is 5. The van der Waals surface area contributed by atoms with Crippen molar-refractivity contribution in [1.29, 1.82) is 0 Å². The highest BCUT2D eigenvalue weighted by atomic mass is 32.1. The number of rotatable bonds is 5. The van der Waals surface area contributed by atoms with Crippen LogP contribution >= 0.6 is 12.2 Å². The van der Waals surface area contributed by atoms with Crippen LogP contribution in [0.3, 0.4) is 0 Å². The van der Waals surface area contributed by atoms with E-state index >= 15 is 0 Å². The number of amides is 2. The lowest BCUT2D eigenvalue weighted by atomic mass is 10.1. The summed E-state index contributed by atoms with van der Waals surface area (Å²) in [4.78, 5) is 49.8. The zero-order chi connectivity index (χ0) is 26.3. The van der Waals surface area contributed by atoms with E-state index < -0.39 is 29.6 Å². The molecule has 2 amide bonds. The van der Waals surface area contributed by atoms with Crippen molar-refractivity contribution in [1.82, 2.24) is 9.88 Å². The topological polar surface area (TPSA) is 129 Å². The predicted molar refractivity (Wildman–Crippen MR) is 132 cm³/mol. The van der Waals surface area contributed by atoms with E-state index in [1.54, 1.807) is 24.5 Å². The lowest BCUT2D eigenvalue weighted by Crippen LogP contribution is -2.54. The molecule has 1 saturated heterocycles. The first-order valence-electron chi connectivity index (χ1n) is 10.5. The number of thiocarbonyl (C=S) groups is 1. The quantitative estimate of drug-likeness (QED) is 0.274. The lowest BCUT2D eigenvalue weighted by molar-refractivity contribution is -0.122. The minimum absolute atomic E-state index is 0.115. The number of carbonyl (C=O) groups is 4. The Morgan fingerprint density at radius 2 is 1.61 bits per heavy atom. The Bertz CT molecular complexity index is 1490. The molecule has 9 nitrogen and oxygen atoms in total. The maximum Gasteiger partial charge on any atom is 0.335 e. The molecular weight excluding hydrogens is 489 g/mol. The summed E-state index contributed by atoms with van der Waals surface area (Å²) in [5, 5.41) is 20.9. The summed E-state index contributed by atoms with van der Waals surface area (Å²) in [5.74, 6) is -4.87. The highest BCUT2D eigenvalue weighted by Crippen LogP contribution is 2.28. The number of aromatic nitrogens is 1. The number of halogens is 1. The summed E-state index contributed by atoms with van der Waals surface area (Å²) < 4.78 is 16.0. The van der Waals surface area contributed by atoms with Crippen molar-refractivity contribution < 1.29 is 33.8 Å². The summed E-state index contributed by atoms with van der Waals surface area (Å²) in [6.45, 7) is 3.37. The molecule has 0 atom stereocenters. The summed E-state index contributed by atoms with van der Waals surface area (Å²) in [6, 6.07) is 10.8. The molecule has 36 heavy (non-hydrogen) atoms. The molecule has 0 spiro atoms. The standard InChI is InChI=1S/C25H18FN3O6S/c1-12-7-14(13(2)28(12)17-9-15(23(32)33)8-16(10-17)24(34)35)11-18-21(30)27-25(36)29(22(18)31)20-6-4-3-5-19(20)26/h3-11H,1-2H3,(H,32,33)(H,34,35)(H,27,30,36)/b18-11+. The van der Waals surface area contributed by atoms with Crippen molar-refractivity contribution >= 4 is 52.8 Å². The summed E-state index contributed by atoms with van der Waals surface area (Å²) >= 11 is 5.10. The van der Waals surface area contributed by atoms with Gasteiger partial charge in [0, 0.05) is 17.1 Å². The number of nitrogens with one attached hydrogen (secondary N) is 1. The Balaban J connectivity index is 1.82. The average Bonchev–Trinajstić information content (AvgIpc) is 3.10. The predicted octanol–water partition coefficient (Wildman–Crippen LogP) is 3.46. The number of hydrogen-bond donors (Lipinski definition) is 3. The van der Waals surface area contributed by atoms with E-state index in [-0.39, 0.29) is 33.2 Å². The number of carboxylic acids is 2. The van der Waals surface area contributed by atoms with Gasteiger partial charge in [0.25, 0.3) is 11.8 Å². The molecule has 0 saturated carbocycles. The number of para-hydroxylation sites is 1. The normalized spacial score (nSPS) is 14.8. The summed E-state index contributed by atoms with van der Waals surface area (Å²) in [6.07, 6.45) is 1.32. The number of benzene rings is 2. The molecule has 11 heteroatoms. The first kappa shape index (κ1) is 24.5. The van der Waals surface area contributed by atoms with Gasteiger partial charge in [0.15, 0.2) is 5.11 Å². The van der Waals surface area contributed by atoms with Gasteiger partial charge >= 0.3 is 11.9 Å². The van der Waals surface area contributed by atoms with E-state index in [1.807, 2.05) is 0 Å². The van der Waals surface area contributed by atoms with E-state index in [9.17, 15) is 33.8 Å². The van der Waals surface area contributed by atoms with Gasteiger partial charge in [-0.15, -0.1) is 0 Å². The number of nitrogens with zero attached hydrogens (tertiary/aromatic N) is 2. The van der Waals surface area contributed by atoms with Crippen molar-refractivity contribution in [2.75, 3.05) is 4.90 Å². The van der Waals surface area contributed by atoms with Crippen molar-refractivity contribution in [2.24, 2.45) is 0 Å². The summed E-state index contributed by atoms with van der Waals surface area (Å²) in [5.41, 5.74) is 0.966. The minimum Gasteiger partial charge on any atom is -0.478 e. The van der Waals surface area contributed by atoms with Gasteiger partial charge in [-0.25, -0.2) is 18.9 Å². The molecule has 1 aliphatic rings. The van der Waals surface area contributed by atoms with E-state index in [0.29, 0.717) is 17.0 Å². The Morgan fingerprint density at radius 1 is 1.00 bits per heavy atom. The van der Waals surface area contributed by atoms with Gasteiger partial charge in [0.2, 0.25) is 0 Å². The summed E-state index contributed by atoms with van der Waals surface area (Å²) in [7, 11) is 0. The second-order valence-corrected chi connectivity index (χ2v) is 8.34. The molecular formula is C25H18FN3O6S. The molecule has 4 rings (SSSR count). The molecule has 2 aromatic carbocycles. The maximum absolute atomic E-state index is 14.4. The number of carbonyl (C=O) groups excluding carboxylic acids is 2. The molecule has 0 bridgehead atoms. The van der Waals surface area contributed by atoms with Crippen LogP contribution in [-0.2, 0) is 9.59 Å².